The average molecular weight is 423 g/mol. The standard InChI is InChI=1S/C23H22N2O4S/c1-17(2)29-20-6-3-7-22(15-20)30(27,28)21-11-9-19(10-12-21)25-23(26)13-8-18-5-4-14-24-16-18/h3-17H,1-2H3,(H,25,26)/b13-8+. The van der Waals surface area contributed by atoms with Crippen LogP contribution in [0.2, 0.25) is 0 Å². The highest BCUT2D eigenvalue weighted by Crippen LogP contribution is 2.25. The first-order chi connectivity index (χ1) is 14.3. The second-order valence-electron chi connectivity index (χ2n) is 6.78. The van der Waals surface area contributed by atoms with Gasteiger partial charge in [0.2, 0.25) is 15.7 Å². The molecule has 1 aromatic heterocycles. The number of rotatable bonds is 7. The lowest BCUT2D eigenvalue weighted by Crippen LogP contribution is -2.09. The predicted octanol–water partition coefficient (Wildman–Crippen LogP) is 4.35. The minimum absolute atomic E-state index is 0.0574. The zero-order valence-corrected chi connectivity index (χ0v) is 17.5. The van der Waals surface area contributed by atoms with Gasteiger partial charge in [0.25, 0.3) is 0 Å². The van der Waals surface area contributed by atoms with E-state index in [9.17, 15) is 13.2 Å². The lowest BCUT2D eigenvalue weighted by atomic mass is 10.2. The van der Waals surface area contributed by atoms with E-state index in [-0.39, 0.29) is 21.8 Å². The van der Waals surface area contributed by atoms with Gasteiger partial charge >= 0.3 is 0 Å². The molecule has 0 radical (unpaired) electrons. The van der Waals surface area contributed by atoms with Crippen LogP contribution in [0.4, 0.5) is 5.69 Å². The van der Waals surface area contributed by atoms with Gasteiger partial charge in [0.05, 0.1) is 15.9 Å². The third-order valence-corrected chi connectivity index (χ3v) is 5.80. The van der Waals surface area contributed by atoms with Gasteiger partial charge in [-0.25, -0.2) is 8.42 Å². The highest BCUT2D eigenvalue weighted by atomic mass is 32.2. The summed E-state index contributed by atoms with van der Waals surface area (Å²) in [6.45, 7) is 3.75. The van der Waals surface area contributed by atoms with Crippen molar-refractivity contribution in [3.05, 3.63) is 84.7 Å². The maximum atomic E-state index is 12.9. The quantitative estimate of drug-likeness (QED) is 0.572. The summed E-state index contributed by atoms with van der Waals surface area (Å²) in [5.74, 6) is 0.170. The first-order valence-corrected chi connectivity index (χ1v) is 10.8. The molecule has 6 nitrogen and oxygen atoms in total. The molecule has 0 aliphatic carbocycles. The number of anilines is 1. The van der Waals surface area contributed by atoms with Crippen LogP contribution in [0.1, 0.15) is 19.4 Å². The van der Waals surface area contributed by atoms with E-state index in [1.807, 2.05) is 19.9 Å². The summed E-state index contributed by atoms with van der Waals surface area (Å²) in [4.78, 5) is 16.3. The van der Waals surface area contributed by atoms with Gasteiger partial charge in [0.15, 0.2) is 0 Å². The van der Waals surface area contributed by atoms with Gasteiger partial charge in [-0.2, -0.15) is 0 Å². The Balaban J connectivity index is 1.71. The van der Waals surface area contributed by atoms with Crippen LogP contribution in [-0.2, 0) is 14.6 Å². The van der Waals surface area contributed by atoms with Gasteiger partial charge in [0, 0.05) is 24.2 Å². The molecule has 0 fully saturated rings. The normalized spacial score (nSPS) is 11.6. The second kappa shape index (κ2) is 9.37. The number of aromatic nitrogens is 1. The Morgan fingerprint density at radius 3 is 2.47 bits per heavy atom. The largest absolute Gasteiger partial charge is 0.491 e. The Labute approximate surface area is 176 Å². The number of carbonyl (C=O) groups is 1. The predicted molar refractivity (Wildman–Crippen MR) is 116 cm³/mol. The summed E-state index contributed by atoms with van der Waals surface area (Å²) in [6.07, 6.45) is 6.28. The molecule has 30 heavy (non-hydrogen) atoms. The highest BCUT2D eigenvalue weighted by Gasteiger charge is 2.18. The van der Waals surface area contributed by atoms with E-state index in [4.69, 9.17) is 4.74 Å². The van der Waals surface area contributed by atoms with E-state index in [1.54, 1.807) is 48.8 Å². The molecule has 0 unspecified atom stereocenters. The summed E-state index contributed by atoms with van der Waals surface area (Å²) in [5.41, 5.74) is 1.30. The Bertz CT molecular complexity index is 1140. The molecule has 3 rings (SSSR count). The molecular weight excluding hydrogens is 400 g/mol. The van der Waals surface area contributed by atoms with Crippen molar-refractivity contribution in [1.82, 2.24) is 4.98 Å². The van der Waals surface area contributed by atoms with Gasteiger partial charge in [-0.3, -0.25) is 9.78 Å². The number of benzene rings is 2. The fourth-order valence-corrected chi connectivity index (χ4v) is 3.97. The maximum Gasteiger partial charge on any atom is 0.248 e. The zero-order chi connectivity index (χ0) is 21.6. The SMILES string of the molecule is CC(C)Oc1cccc(S(=O)(=O)c2ccc(NC(=O)/C=C/c3cccnc3)cc2)c1. The molecule has 0 atom stereocenters. The van der Waals surface area contributed by atoms with Crippen molar-refractivity contribution in [2.45, 2.75) is 29.7 Å². The summed E-state index contributed by atoms with van der Waals surface area (Å²) in [5, 5.41) is 2.70. The van der Waals surface area contributed by atoms with Crippen LogP contribution in [0.3, 0.4) is 0 Å². The lowest BCUT2D eigenvalue weighted by Gasteiger charge is -2.11. The number of sulfone groups is 1. The number of amides is 1. The molecule has 0 aliphatic heterocycles. The van der Waals surface area contributed by atoms with Crippen LogP contribution in [0.25, 0.3) is 6.08 Å². The molecule has 1 heterocycles. The third kappa shape index (κ3) is 5.55. The molecular formula is C23H22N2O4S. The van der Waals surface area contributed by atoms with Crippen molar-refractivity contribution in [1.29, 1.82) is 0 Å². The fraction of sp³-hybridized carbons (Fsp3) is 0.130. The summed E-state index contributed by atoms with van der Waals surface area (Å²) in [7, 11) is -3.70. The smallest absolute Gasteiger partial charge is 0.248 e. The number of nitrogens with zero attached hydrogens (tertiary/aromatic N) is 1. The molecule has 0 bridgehead atoms. The van der Waals surface area contributed by atoms with Crippen LogP contribution in [0.15, 0.2) is 88.9 Å². The third-order valence-electron chi connectivity index (χ3n) is 4.03. The highest BCUT2D eigenvalue weighted by molar-refractivity contribution is 7.91. The molecule has 0 spiro atoms. The molecule has 0 saturated heterocycles. The van der Waals surface area contributed by atoms with E-state index < -0.39 is 9.84 Å². The molecule has 0 aliphatic rings. The molecule has 1 N–H and O–H groups in total. The number of hydrogen-bond donors (Lipinski definition) is 1. The van der Waals surface area contributed by atoms with E-state index in [1.165, 1.54) is 30.3 Å². The molecule has 2 aromatic carbocycles. The van der Waals surface area contributed by atoms with Crippen molar-refractivity contribution in [3.63, 3.8) is 0 Å². The summed E-state index contributed by atoms with van der Waals surface area (Å²) >= 11 is 0. The minimum Gasteiger partial charge on any atom is -0.491 e. The first kappa shape index (κ1) is 21.3. The van der Waals surface area contributed by atoms with Crippen LogP contribution in [-0.4, -0.2) is 25.4 Å². The van der Waals surface area contributed by atoms with E-state index >= 15 is 0 Å². The van der Waals surface area contributed by atoms with Gasteiger partial charge in [-0.15, -0.1) is 0 Å². The molecule has 154 valence electrons. The minimum atomic E-state index is -3.70. The van der Waals surface area contributed by atoms with Gasteiger partial charge in [-0.1, -0.05) is 12.1 Å². The Morgan fingerprint density at radius 2 is 1.80 bits per heavy atom. The second-order valence-corrected chi connectivity index (χ2v) is 8.73. The lowest BCUT2D eigenvalue weighted by molar-refractivity contribution is -0.111. The van der Waals surface area contributed by atoms with Gasteiger partial charge < -0.3 is 10.1 Å². The monoisotopic (exact) mass is 422 g/mol. The Hall–Kier alpha value is -3.45. The van der Waals surface area contributed by atoms with Crippen molar-refractivity contribution in [2.24, 2.45) is 0 Å². The van der Waals surface area contributed by atoms with Crippen molar-refractivity contribution < 1.29 is 17.9 Å². The van der Waals surface area contributed by atoms with E-state index in [2.05, 4.69) is 10.3 Å². The molecule has 1 amide bonds. The number of nitrogens with one attached hydrogen (secondary N) is 1. The van der Waals surface area contributed by atoms with Crippen molar-refractivity contribution in [2.75, 3.05) is 5.32 Å². The van der Waals surface area contributed by atoms with Crippen LogP contribution in [0, 0.1) is 0 Å². The average Bonchev–Trinajstić information content (AvgIpc) is 2.73. The fourth-order valence-electron chi connectivity index (χ4n) is 2.67. The van der Waals surface area contributed by atoms with Crippen molar-refractivity contribution in [3.8, 4) is 5.75 Å². The Kier molecular flexibility index (Phi) is 6.64. The van der Waals surface area contributed by atoms with Gasteiger partial charge in [0.1, 0.15) is 5.75 Å². The Morgan fingerprint density at radius 1 is 1.03 bits per heavy atom. The molecule has 3 aromatic rings. The van der Waals surface area contributed by atoms with Crippen LogP contribution in [0.5, 0.6) is 5.75 Å². The molecule has 7 heteroatoms. The van der Waals surface area contributed by atoms with E-state index in [0.29, 0.717) is 11.4 Å². The maximum absolute atomic E-state index is 12.9. The number of pyridine rings is 1. The van der Waals surface area contributed by atoms with Crippen molar-refractivity contribution >= 4 is 27.5 Å². The molecule has 0 saturated carbocycles. The summed E-state index contributed by atoms with van der Waals surface area (Å²) < 4.78 is 31.4. The topological polar surface area (TPSA) is 85.4 Å². The summed E-state index contributed by atoms with van der Waals surface area (Å²) in [6, 6.07) is 16.0. The first-order valence-electron chi connectivity index (χ1n) is 9.35. The number of ether oxygens (including phenoxy) is 1. The number of carbonyl (C=O) groups excluding carboxylic acids is 1. The van der Waals surface area contributed by atoms with Crippen LogP contribution < -0.4 is 10.1 Å². The van der Waals surface area contributed by atoms with Crippen LogP contribution >= 0.6 is 0 Å². The van der Waals surface area contributed by atoms with E-state index in [0.717, 1.165) is 5.56 Å². The number of hydrogen-bond acceptors (Lipinski definition) is 5. The van der Waals surface area contributed by atoms with Gasteiger partial charge in [-0.05, 0) is 74.0 Å². The zero-order valence-electron chi connectivity index (χ0n) is 16.6.